The van der Waals surface area contributed by atoms with Gasteiger partial charge in [-0.2, -0.15) is 0 Å². The Balaban J connectivity index is 2.16. The van der Waals surface area contributed by atoms with E-state index in [0.29, 0.717) is 12.3 Å². The topological polar surface area (TPSA) is 39.2 Å². The number of benzene rings is 1. The molecule has 2 rings (SSSR count). The molecule has 21 heavy (non-hydrogen) atoms. The van der Waals surface area contributed by atoms with Gasteiger partial charge in [0, 0.05) is 12.6 Å². The maximum absolute atomic E-state index is 12.1. The molecule has 0 bridgehead atoms. The van der Waals surface area contributed by atoms with Gasteiger partial charge in [-0.1, -0.05) is 50.2 Å². The van der Waals surface area contributed by atoms with Crippen LogP contribution in [0.1, 0.15) is 44.1 Å². The minimum atomic E-state index is -0.438. The Bertz CT molecular complexity index is 512. The number of hydrogen-bond acceptors (Lipinski definition) is 3. The van der Waals surface area contributed by atoms with Gasteiger partial charge in [-0.15, -0.1) is 0 Å². The summed E-state index contributed by atoms with van der Waals surface area (Å²) in [6.07, 6.45) is 2.55. The summed E-state index contributed by atoms with van der Waals surface area (Å²) in [6, 6.07) is 15.4. The first-order valence-electron chi connectivity index (χ1n) is 7.32. The molecule has 2 aromatic rings. The van der Waals surface area contributed by atoms with Crippen LogP contribution >= 0.6 is 0 Å². The lowest BCUT2D eigenvalue weighted by molar-refractivity contribution is -0.148. The van der Waals surface area contributed by atoms with Gasteiger partial charge >= 0.3 is 5.97 Å². The molecule has 3 nitrogen and oxygen atoms in total. The third-order valence-electron chi connectivity index (χ3n) is 3.23. The van der Waals surface area contributed by atoms with Gasteiger partial charge in [0.05, 0.1) is 5.69 Å². The quantitative estimate of drug-likeness (QED) is 0.748. The molecule has 0 aliphatic heterocycles. The van der Waals surface area contributed by atoms with Crippen LogP contribution in [0.2, 0.25) is 0 Å². The molecular weight excluding hydrogens is 262 g/mol. The number of aromatic nitrogens is 1. The van der Waals surface area contributed by atoms with Gasteiger partial charge in [-0.05, 0) is 30.0 Å². The molecule has 0 radical (unpaired) electrons. The molecule has 1 atom stereocenters. The molecule has 1 aromatic carbocycles. The highest BCUT2D eigenvalue weighted by Crippen LogP contribution is 2.25. The van der Waals surface area contributed by atoms with Crippen molar-refractivity contribution in [3.8, 4) is 0 Å². The molecule has 1 heterocycles. The maximum Gasteiger partial charge on any atom is 0.306 e. The van der Waals surface area contributed by atoms with Crippen molar-refractivity contribution in [1.29, 1.82) is 0 Å². The minimum absolute atomic E-state index is 0.178. The number of hydrogen-bond donors (Lipinski definition) is 0. The number of carbonyl (C=O) groups is 1. The van der Waals surface area contributed by atoms with E-state index in [1.54, 1.807) is 6.20 Å². The summed E-state index contributed by atoms with van der Waals surface area (Å²) in [5.41, 5.74) is 1.69. The van der Waals surface area contributed by atoms with Crippen molar-refractivity contribution in [3.05, 3.63) is 66.0 Å². The van der Waals surface area contributed by atoms with Gasteiger partial charge in [0.25, 0.3) is 0 Å². The molecule has 0 aliphatic rings. The summed E-state index contributed by atoms with van der Waals surface area (Å²) < 4.78 is 5.67. The summed E-state index contributed by atoms with van der Waals surface area (Å²) in [5, 5.41) is 0. The number of pyridine rings is 1. The van der Waals surface area contributed by atoms with Crippen LogP contribution < -0.4 is 0 Å². The van der Waals surface area contributed by atoms with Gasteiger partial charge in [0.1, 0.15) is 0 Å². The fourth-order valence-corrected chi connectivity index (χ4v) is 2.05. The molecule has 0 fully saturated rings. The second-order valence-electron chi connectivity index (χ2n) is 5.47. The zero-order chi connectivity index (χ0) is 15.1. The highest BCUT2D eigenvalue weighted by Gasteiger charge is 2.19. The molecule has 0 saturated heterocycles. The predicted molar refractivity (Wildman–Crippen MR) is 82.7 cm³/mol. The van der Waals surface area contributed by atoms with Crippen molar-refractivity contribution in [2.75, 3.05) is 0 Å². The molecular formula is C18H21NO2. The summed E-state index contributed by atoms with van der Waals surface area (Å²) in [7, 11) is 0. The second-order valence-corrected chi connectivity index (χ2v) is 5.47. The number of carbonyl (C=O) groups excluding carboxylic acids is 1. The van der Waals surface area contributed by atoms with Crippen molar-refractivity contribution >= 4 is 5.97 Å². The van der Waals surface area contributed by atoms with Crippen LogP contribution in [0.4, 0.5) is 0 Å². The lowest BCUT2D eigenvalue weighted by atomic mass is 10.1. The molecule has 1 aromatic heterocycles. The van der Waals surface area contributed by atoms with Crippen molar-refractivity contribution in [1.82, 2.24) is 4.98 Å². The molecule has 3 heteroatoms. The summed E-state index contributed by atoms with van der Waals surface area (Å²) in [6.45, 7) is 4.20. The van der Waals surface area contributed by atoms with E-state index in [2.05, 4.69) is 18.8 Å². The van der Waals surface area contributed by atoms with E-state index < -0.39 is 6.10 Å². The van der Waals surface area contributed by atoms with Crippen LogP contribution in [0.15, 0.2) is 54.7 Å². The standard InChI is InChI=1S/C18H21NO2/c1-14(2)11-12-17(20)21-18(15-8-4-3-5-9-15)16-10-6-7-13-19-16/h3-10,13-14,18H,11-12H2,1-2H3. The Morgan fingerprint density at radius 3 is 2.43 bits per heavy atom. The zero-order valence-corrected chi connectivity index (χ0v) is 12.5. The van der Waals surface area contributed by atoms with Gasteiger partial charge in [-0.3, -0.25) is 9.78 Å². The van der Waals surface area contributed by atoms with Crippen molar-refractivity contribution in [2.24, 2.45) is 5.92 Å². The van der Waals surface area contributed by atoms with E-state index in [4.69, 9.17) is 4.74 Å². The van der Waals surface area contributed by atoms with Crippen LogP contribution in [-0.2, 0) is 9.53 Å². The van der Waals surface area contributed by atoms with Crippen LogP contribution in [0, 0.1) is 5.92 Å². The fourth-order valence-electron chi connectivity index (χ4n) is 2.05. The molecule has 0 spiro atoms. The van der Waals surface area contributed by atoms with Gasteiger partial charge in [-0.25, -0.2) is 0 Å². The summed E-state index contributed by atoms with van der Waals surface area (Å²) in [5.74, 6) is 0.311. The first-order chi connectivity index (χ1) is 10.2. The van der Waals surface area contributed by atoms with Crippen LogP contribution in [-0.4, -0.2) is 11.0 Å². The van der Waals surface area contributed by atoms with Crippen LogP contribution in [0.3, 0.4) is 0 Å². The number of esters is 1. The minimum Gasteiger partial charge on any atom is -0.451 e. The average molecular weight is 283 g/mol. The highest BCUT2D eigenvalue weighted by atomic mass is 16.5. The number of rotatable bonds is 6. The number of nitrogens with zero attached hydrogens (tertiary/aromatic N) is 1. The van der Waals surface area contributed by atoms with E-state index in [1.807, 2.05) is 48.5 Å². The molecule has 0 amide bonds. The molecule has 110 valence electrons. The lowest BCUT2D eigenvalue weighted by Crippen LogP contribution is -2.14. The van der Waals surface area contributed by atoms with Crippen molar-refractivity contribution < 1.29 is 9.53 Å². The van der Waals surface area contributed by atoms with E-state index >= 15 is 0 Å². The monoisotopic (exact) mass is 283 g/mol. The van der Waals surface area contributed by atoms with E-state index in [0.717, 1.165) is 17.7 Å². The van der Waals surface area contributed by atoms with Crippen LogP contribution in [0.25, 0.3) is 0 Å². The highest BCUT2D eigenvalue weighted by molar-refractivity contribution is 5.70. The first-order valence-corrected chi connectivity index (χ1v) is 7.32. The normalized spacial score (nSPS) is 12.1. The molecule has 1 unspecified atom stereocenters. The second kappa shape index (κ2) is 7.58. The maximum atomic E-state index is 12.1. The first kappa shape index (κ1) is 15.2. The summed E-state index contributed by atoms with van der Waals surface area (Å²) in [4.78, 5) is 16.4. The average Bonchev–Trinajstić information content (AvgIpc) is 2.52. The Morgan fingerprint density at radius 1 is 1.10 bits per heavy atom. The Kier molecular flexibility index (Phi) is 5.50. The van der Waals surface area contributed by atoms with Gasteiger partial charge in [0.2, 0.25) is 0 Å². The third-order valence-corrected chi connectivity index (χ3v) is 3.23. The predicted octanol–water partition coefficient (Wildman–Crippen LogP) is 4.15. The zero-order valence-electron chi connectivity index (χ0n) is 12.5. The molecule has 0 aliphatic carbocycles. The Labute approximate surface area is 126 Å². The van der Waals surface area contributed by atoms with E-state index in [-0.39, 0.29) is 5.97 Å². The lowest BCUT2D eigenvalue weighted by Gasteiger charge is -2.18. The third kappa shape index (κ3) is 4.71. The number of ether oxygens (including phenoxy) is 1. The van der Waals surface area contributed by atoms with E-state index in [9.17, 15) is 4.79 Å². The smallest absolute Gasteiger partial charge is 0.306 e. The van der Waals surface area contributed by atoms with Gasteiger partial charge < -0.3 is 4.74 Å². The summed E-state index contributed by atoms with van der Waals surface area (Å²) >= 11 is 0. The van der Waals surface area contributed by atoms with Crippen LogP contribution in [0.5, 0.6) is 0 Å². The molecule has 0 saturated carbocycles. The SMILES string of the molecule is CC(C)CCC(=O)OC(c1ccccc1)c1ccccn1. The van der Waals surface area contributed by atoms with Gasteiger partial charge in [0.15, 0.2) is 6.10 Å². The van der Waals surface area contributed by atoms with Crippen molar-refractivity contribution in [2.45, 2.75) is 32.8 Å². The van der Waals surface area contributed by atoms with Crippen molar-refractivity contribution in [3.63, 3.8) is 0 Å². The molecule has 0 N–H and O–H groups in total. The van der Waals surface area contributed by atoms with E-state index in [1.165, 1.54) is 0 Å². The Hall–Kier alpha value is -2.16. The Morgan fingerprint density at radius 2 is 1.81 bits per heavy atom. The largest absolute Gasteiger partial charge is 0.451 e. The fraction of sp³-hybridized carbons (Fsp3) is 0.333.